The summed E-state index contributed by atoms with van der Waals surface area (Å²) in [5.74, 6) is -0.892. The number of carbonyl (C=O) groups excluding carboxylic acids is 4. The predicted octanol–water partition coefficient (Wildman–Crippen LogP) is 3.83. The van der Waals surface area contributed by atoms with E-state index in [1.807, 2.05) is 0 Å². The summed E-state index contributed by atoms with van der Waals surface area (Å²) < 4.78 is 5.51. The van der Waals surface area contributed by atoms with Gasteiger partial charge in [0.15, 0.2) is 0 Å². The van der Waals surface area contributed by atoms with Crippen molar-refractivity contribution in [1.82, 2.24) is 0 Å². The van der Waals surface area contributed by atoms with Gasteiger partial charge in [-0.1, -0.05) is 23.7 Å². The third kappa shape index (κ3) is 3.25. The summed E-state index contributed by atoms with van der Waals surface area (Å²) in [6.45, 7) is 0.196. The quantitative estimate of drug-likeness (QED) is 0.379. The van der Waals surface area contributed by atoms with Gasteiger partial charge in [-0.25, -0.2) is 0 Å². The van der Waals surface area contributed by atoms with Crippen molar-refractivity contribution in [1.29, 1.82) is 0 Å². The number of hydrogen-bond donors (Lipinski definition) is 0. The fraction of sp³-hybridized carbons (Fsp3) is 0.385. The van der Waals surface area contributed by atoms with Gasteiger partial charge in [0.2, 0.25) is 17.7 Å². The van der Waals surface area contributed by atoms with E-state index in [-0.39, 0.29) is 42.5 Å². The summed E-state index contributed by atoms with van der Waals surface area (Å²) in [6.07, 6.45) is 3.10. The maximum absolute atomic E-state index is 13.0. The van der Waals surface area contributed by atoms with Crippen LogP contribution in [0.3, 0.4) is 0 Å². The summed E-state index contributed by atoms with van der Waals surface area (Å²) >= 11 is 6.20. The number of fused-ring (bicyclic) bond motifs is 5. The molecule has 5 atom stereocenters. The summed E-state index contributed by atoms with van der Waals surface area (Å²) in [5, 5.41) is 0.448. The van der Waals surface area contributed by atoms with Gasteiger partial charge in [0.1, 0.15) is 5.75 Å². The van der Waals surface area contributed by atoms with Crippen LogP contribution < -0.4 is 14.5 Å². The largest absolute Gasteiger partial charge is 0.426 e. The van der Waals surface area contributed by atoms with Crippen molar-refractivity contribution in [3.8, 4) is 5.75 Å². The molecule has 6 rings (SSSR count). The lowest BCUT2D eigenvalue weighted by molar-refractivity contribution is -0.139. The van der Waals surface area contributed by atoms with Crippen molar-refractivity contribution in [3.63, 3.8) is 0 Å². The van der Waals surface area contributed by atoms with Crippen LogP contribution in [0.15, 0.2) is 48.5 Å². The molecular formula is C26H23ClN2O5. The molecule has 0 N–H and O–H groups in total. The lowest BCUT2D eigenvalue weighted by Crippen LogP contribution is -2.32. The van der Waals surface area contributed by atoms with Gasteiger partial charge in [0, 0.05) is 13.0 Å². The predicted molar refractivity (Wildman–Crippen MR) is 124 cm³/mol. The number of esters is 1. The molecule has 0 spiro atoms. The zero-order valence-corrected chi connectivity index (χ0v) is 19.1. The fourth-order valence-corrected chi connectivity index (χ4v) is 6.53. The number of amides is 3. The maximum atomic E-state index is 13.0. The molecule has 4 aliphatic rings. The van der Waals surface area contributed by atoms with Gasteiger partial charge in [-0.3, -0.25) is 24.1 Å². The van der Waals surface area contributed by atoms with Crippen LogP contribution in [0.5, 0.6) is 5.75 Å². The van der Waals surface area contributed by atoms with Crippen LogP contribution in [-0.2, 0) is 19.2 Å². The first-order valence-electron chi connectivity index (χ1n) is 11.7. The Bertz CT molecular complexity index is 1180. The van der Waals surface area contributed by atoms with E-state index < -0.39 is 11.9 Å². The van der Waals surface area contributed by atoms with E-state index in [0.717, 1.165) is 19.3 Å². The molecule has 2 bridgehead atoms. The molecule has 0 radical (unpaired) electrons. The number of benzene rings is 2. The maximum Gasteiger partial charge on any atom is 0.316 e. The third-order valence-corrected chi connectivity index (χ3v) is 8.16. The molecule has 8 heteroatoms. The SMILES string of the molecule is O=C(Oc1ccc(N2C(=O)[C@@H]3[C@H]4CC[C@@H](C4)[C@H]3C2=O)cc1)[C@@H]1CC(=O)N(c2ccccc2Cl)C1. The minimum Gasteiger partial charge on any atom is -0.426 e. The molecule has 0 aromatic heterocycles. The number of halogens is 1. The number of ether oxygens (including phenoxy) is 1. The minimum absolute atomic E-state index is 0.0457. The van der Waals surface area contributed by atoms with Crippen LogP contribution in [0, 0.1) is 29.6 Å². The average Bonchev–Trinajstić information content (AvgIpc) is 3.59. The second-order valence-electron chi connectivity index (χ2n) is 9.67. The normalized spacial score (nSPS) is 29.8. The molecule has 2 saturated heterocycles. The first-order chi connectivity index (χ1) is 16.4. The summed E-state index contributed by atoms with van der Waals surface area (Å²) in [4.78, 5) is 54.0. The molecule has 2 heterocycles. The van der Waals surface area contributed by atoms with Crippen molar-refractivity contribution in [2.24, 2.45) is 29.6 Å². The monoisotopic (exact) mass is 478 g/mol. The topological polar surface area (TPSA) is 84.0 Å². The van der Waals surface area contributed by atoms with Gasteiger partial charge >= 0.3 is 5.97 Å². The molecule has 0 unspecified atom stereocenters. The zero-order chi connectivity index (χ0) is 23.6. The molecule has 34 heavy (non-hydrogen) atoms. The second kappa shape index (κ2) is 7.94. The number of anilines is 2. The summed E-state index contributed by atoms with van der Waals surface area (Å²) in [6, 6.07) is 13.4. The van der Waals surface area contributed by atoms with E-state index in [2.05, 4.69) is 0 Å². The highest BCUT2D eigenvalue weighted by molar-refractivity contribution is 6.34. The van der Waals surface area contributed by atoms with Crippen LogP contribution >= 0.6 is 11.6 Å². The Hall–Kier alpha value is -3.19. The third-order valence-electron chi connectivity index (χ3n) is 7.84. The van der Waals surface area contributed by atoms with Crippen LogP contribution in [0.4, 0.5) is 11.4 Å². The summed E-state index contributed by atoms with van der Waals surface area (Å²) in [5.41, 5.74) is 1.08. The average molecular weight is 479 g/mol. The molecule has 7 nitrogen and oxygen atoms in total. The Morgan fingerprint density at radius 3 is 2.21 bits per heavy atom. The van der Waals surface area contributed by atoms with Gasteiger partial charge in [-0.2, -0.15) is 0 Å². The number of imide groups is 1. The first kappa shape index (κ1) is 21.4. The number of carbonyl (C=O) groups is 4. The van der Waals surface area contributed by atoms with Crippen LogP contribution in [0.25, 0.3) is 0 Å². The van der Waals surface area contributed by atoms with E-state index in [9.17, 15) is 19.2 Å². The lowest BCUT2D eigenvalue weighted by Gasteiger charge is -2.19. The highest BCUT2D eigenvalue weighted by atomic mass is 35.5. The van der Waals surface area contributed by atoms with Gasteiger partial charge in [0.25, 0.3) is 0 Å². The minimum atomic E-state index is -0.611. The van der Waals surface area contributed by atoms with Gasteiger partial charge in [-0.05, 0) is 67.5 Å². The van der Waals surface area contributed by atoms with Gasteiger partial charge in [-0.15, -0.1) is 0 Å². The molecule has 174 valence electrons. The molecular weight excluding hydrogens is 456 g/mol. The molecule has 2 aliphatic heterocycles. The Labute approximate surface area is 201 Å². The Balaban J connectivity index is 1.13. The van der Waals surface area contributed by atoms with Crippen molar-refractivity contribution in [3.05, 3.63) is 53.6 Å². The van der Waals surface area contributed by atoms with E-state index >= 15 is 0 Å². The number of hydrogen-bond acceptors (Lipinski definition) is 5. The van der Waals surface area contributed by atoms with E-state index in [1.165, 1.54) is 9.80 Å². The van der Waals surface area contributed by atoms with Gasteiger partial charge < -0.3 is 9.64 Å². The molecule has 3 amide bonds. The van der Waals surface area contributed by atoms with Crippen molar-refractivity contribution in [2.75, 3.05) is 16.3 Å². The molecule has 2 aromatic rings. The van der Waals surface area contributed by atoms with E-state index in [0.29, 0.717) is 34.0 Å². The van der Waals surface area contributed by atoms with Gasteiger partial charge in [0.05, 0.1) is 34.2 Å². The molecule has 4 fully saturated rings. The summed E-state index contributed by atoms with van der Waals surface area (Å²) in [7, 11) is 0. The highest BCUT2D eigenvalue weighted by Crippen LogP contribution is 2.56. The number of nitrogens with zero attached hydrogens (tertiary/aromatic N) is 2. The Morgan fingerprint density at radius 1 is 0.912 bits per heavy atom. The number of para-hydroxylation sites is 1. The molecule has 2 saturated carbocycles. The lowest BCUT2D eigenvalue weighted by atomic mass is 9.81. The Morgan fingerprint density at radius 2 is 1.56 bits per heavy atom. The van der Waals surface area contributed by atoms with E-state index in [1.54, 1.807) is 48.5 Å². The number of rotatable bonds is 4. The van der Waals surface area contributed by atoms with Crippen molar-refractivity contribution in [2.45, 2.75) is 25.7 Å². The zero-order valence-electron chi connectivity index (χ0n) is 18.4. The van der Waals surface area contributed by atoms with Crippen molar-refractivity contribution < 1.29 is 23.9 Å². The van der Waals surface area contributed by atoms with Crippen LogP contribution in [0.1, 0.15) is 25.7 Å². The fourth-order valence-electron chi connectivity index (χ4n) is 6.29. The molecule has 2 aromatic carbocycles. The van der Waals surface area contributed by atoms with Crippen LogP contribution in [-0.4, -0.2) is 30.2 Å². The second-order valence-corrected chi connectivity index (χ2v) is 10.1. The Kier molecular flexibility index (Phi) is 4.99. The highest BCUT2D eigenvalue weighted by Gasteiger charge is 2.61. The first-order valence-corrected chi connectivity index (χ1v) is 12.0. The standard InChI is InChI=1S/C26H23ClN2O5/c27-19-3-1-2-4-20(19)28-13-16(12-21(28)30)26(33)34-18-9-7-17(8-10-18)29-24(31)22-14-5-6-15(11-14)23(22)25(29)32/h1-4,7-10,14-16,22-23H,5-6,11-13H2/t14-,15-,16+,22+,23+/m0/s1. The van der Waals surface area contributed by atoms with Crippen molar-refractivity contribution >= 4 is 46.7 Å². The van der Waals surface area contributed by atoms with Crippen LogP contribution in [0.2, 0.25) is 5.02 Å². The molecule has 2 aliphatic carbocycles. The smallest absolute Gasteiger partial charge is 0.316 e. The van der Waals surface area contributed by atoms with E-state index in [4.69, 9.17) is 16.3 Å².